The van der Waals surface area contributed by atoms with Gasteiger partial charge in [-0.2, -0.15) is 0 Å². The number of aryl methyl sites for hydroxylation is 1. The Balaban J connectivity index is 2.02. The summed E-state index contributed by atoms with van der Waals surface area (Å²) in [7, 11) is 1.94. The van der Waals surface area contributed by atoms with Crippen molar-refractivity contribution in [1.82, 2.24) is 5.32 Å². The number of ether oxygens (including phenoxy) is 1. The number of nitrogens with one attached hydrogen (secondary N) is 1. The number of unbranched alkanes of at least 4 members (excludes halogenated alkanes) is 1. The summed E-state index contributed by atoms with van der Waals surface area (Å²) in [5, 5.41) is 3.15. The van der Waals surface area contributed by atoms with Gasteiger partial charge in [0.25, 0.3) is 0 Å². The van der Waals surface area contributed by atoms with Gasteiger partial charge in [0, 0.05) is 11.0 Å². The molecule has 3 heteroatoms. The molecule has 0 heterocycles. The molecule has 0 saturated carbocycles. The molecule has 0 aliphatic rings. The van der Waals surface area contributed by atoms with E-state index in [-0.39, 0.29) is 0 Å². The largest absolute Gasteiger partial charge is 0.457 e. The molecule has 0 atom stereocenters. The zero-order chi connectivity index (χ0) is 15.1. The van der Waals surface area contributed by atoms with Crippen LogP contribution < -0.4 is 10.1 Å². The van der Waals surface area contributed by atoms with E-state index in [9.17, 15) is 0 Å². The second-order valence-electron chi connectivity index (χ2n) is 5.13. The Morgan fingerprint density at radius 1 is 1.05 bits per heavy atom. The third-order valence-electron chi connectivity index (χ3n) is 3.37. The molecule has 2 nitrogen and oxygen atoms in total. The van der Waals surface area contributed by atoms with Gasteiger partial charge >= 0.3 is 0 Å². The van der Waals surface area contributed by atoms with Crippen molar-refractivity contribution in [3.63, 3.8) is 0 Å². The molecule has 0 radical (unpaired) electrons. The summed E-state index contributed by atoms with van der Waals surface area (Å²) in [6, 6.07) is 14.5. The first-order valence-electron chi connectivity index (χ1n) is 7.42. The Morgan fingerprint density at radius 2 is 1.76 bits per heavy atom. The van der Waals surface area contributed by atoms with Crippen LogP contribution in [0.3, 0.4) is 0 Å². The molecule has 2 rings (SSSR count). The lowest BCUT2D eigenvalue weighted by Crippen LogP contribution is -2.05. The zero-order valence-corrected chi connectivity index (χ0v) is 14.2. The highest BCUT2D eigenvalue weighted by molar-refractivity contribution is 9.10. The summed E-state index contributed by atoms with van der Waals surface area (Å²) in [6.45, 7) is 3.06. The Morgan fingerprint density at radius 3 is 2.38 bits per heavy atom. The van der Waals surface area contributed by atoms with Gasteiger partial charge in [0.15, 0.2) is 0 Å². The molecule has 0 spiro atoms. The van der Waals surface area contributed by atoms with Crippen molar-refractivity contribution in [2.75, 3.05) is 7.05 Å². The molecule has 0 aliphatic heterocycles. The fourth-order valence-electron chi connectivity index (χ4n) is 2.17. The molecule has 0 amide bonds. The van der Waals surface area contributed by atoms with Crippen molar-refractivity contribution in [1.29, 1.82) is 0 Å². The van der Waals surface area contributed by atoms with Crippen LogP contribution in [0.25, 0.3) is 0 Å². The second kappa shape index (κ2) is 8.20. The molecule has 0 aliphatic carbocycles. The lowest BCUT2D eigenvalue weighted by atomic mass is 10.1. The lowest BCUT2D eigenvalue weighted by Gasteiger charge is -2.09. The highest BCUT2D eigenvalue weighted by Crippen LogP contribution is 2.27. The van der Waals surface area contributed by atoms with E-state index >= 15 is 0 Å². The molecule has 21 heavy (non-hydrogen) atoms. The summed E-state index contributed by atoms with van der Waals surface area (Å²) in [6.07, 6.45) is 3.60. The summed E-state index contributed by atoms with van der Waals surface area (Å²) >= 11 is 3.58. The van der Waals surface area contributed by atoms with Crippen LogP contribution in [0.1, 0.15) is 30.9 Å². The number of halogens is 1. The Kier molecular flexibility index (Phi) is 6.27. The minimum Gasteiger partial charge on any atom is -0.457 e. The summed E-state index contributed by atoms with van der Waals surface area (Å²) in [5.74, 6) is 1.73. The topological polar surface area (TPSA) is 21.3 Å². The summed E-state index contributed by atoms with van der Waals surface area (Å²) in [4.78, 5) is 0. The Hall–Kier alpha value is -1.32. The van der Waals surface area contributed by atoms with Crippen molar-refractivity contribution in [3.05, 3.63) is 58.1 Å². The molecule has 0 saturated heterocycles. The maximum Gasteiger partial charge on any atom is 0.128 e. The van der Waals surface area contributed by atoms with Crippen LogP contribution in [0.2, 0.25) is 0 Å². The van der Waals surface area contributed by atoms with Crippen molar-refractivity contribution >= 4 is 15.9 Å². The molecule has 0 bridgehead atoms. The standard InChI is InChI=1S/C18H22BrNO/c1-3-4-5-14-6-9-16(10-7-14)21-17-11-8-15(13-20-2)18(19)12-17/h6-12,20H,3-5,13H2,1-2H3. The summed E-state index contributed by atoms with van der Waals surface area (Å²) in [5.41, 5.74) is 2.59. The Labute approximate surface area is 135 Å². The van der Waals surface area contributed by atoms with Gasteiger partial charge in [-0.1, -0.05) is 47.5 Å². The van der Waals surface area contributed by atoms with E-state index in [0.29, 0.717) is 0 Å². The smallest absolute Gasteiger partial charge is 0.128 e. The van der Waals surface area contributed by atoms with Crippen LogP contribution in [-0.2, 0) is 13.0 Å². The van der Waals surface area contributed by atoms with Gasteiger partial charge in [-0.05, 0) is 55.3 Å². The monoisotopic (exact) mass is 347 g/mol. The van der Waals surface area contributed by atoms with E-state index < -0.39 is 0 Å². The van der Waals surface area contributed by atoms with Crippen LogP contribution in [0.15, 0.2) is 46.9 Å². The van der Waals surface area contributed by atoms with Gasteiger partial charge in [0.2, 0.25) is 0 Å². The highest BCUT2D eigenvalue weighted by atomic mass is 79.9. The fourth-order valence-corrected chi connectivity index (χ4v) is 2.66. The number of benzene rings is 2. The first-order chi connectivity index (χ1) is 10.2. The lowest BCUT2D eigenvalue weighted by molar-refractivity contribution is 0.481. The van der Waals surface area contributed by atoms with E-state index in [2.05, 4.69) is 46.4 Å². The molecule has 1 N–H and O–H groups in total. The SMILES string of the molecule is CCCCc1ccc(Oc2ccc(CNC)c(Br)c2)cc1. The van der Waals surface area contributed by atoms with Gasteiger partial charge in [-0.15, -0.1) is 0 Å². The van der Waals surface area contributed by atoms with Crippen LogP contribution >= 0.6 is 15.9 Å². The molecular formula is C18H22BrNO. The number of hydrogen-bond acceptors (Lipinski definition) is 2. The predicted octanol–water partition coefficient (Wildman–Crippen LogP) is 5.30. The molecular weight excluding hydrogens is 326 g/mol. The maximum atomic E-state index is 5.90. The maximum absolute atomic E-state index is 5.90. The minimum absolute atomic E-state index is 0.840. The third-order valence-corrected chi connectivity index (χ3v) is 4.11. The van der Waals surface area contributed by atoms with E-state index in [1.807, 2.05) is 31.3 Å². The van der Waals surface area contributed by atoms with Crippen LogP contribution in [-0.4, -0.2) is 7.05 Å². The highest BCUT2D eigenvalue weighted by Gasteiger charge is 2.03. The Bertz CT molecular complexity index is 566. The van der Waals surface area contributed by atoms with E-state index in [1.54, 1.807) is 0 Å². The molecule has 112 valence electrons. The van der Waals surface area contributed by atoms with Crippen molar-refractivity contribution in [2.24, 2.45) is 0 Å². The van der Waals surface area contributed by atoms with Crippen LogP contribution in [0, 0.1) is 0 Å². The molecule has 0 unspecified atom stereocenters. The first-order valence-corrected chi connectivity index (χ1v) is 8.22. The third kappa shape index (κ3) is 4.87. The van der Waals surface area contributed by atoms with Gasteiger partial charge in [-0.3, -0.25) is 0 Å². The van der Waals surface area contributed by atoms with Gasteiger partial charge < -0.3 is 10.1 Å². The molecule has 0 aromatic heterocycles. The van der Waals surface area contributed by atoms with Crippen LogP contribution in [0.5, 0.6) is 11.5 Å². The average Bonchev–Trinajstić information content (AvgIpc) is 2.49. The number of rotatable bonds is 7. The number of hydrogen-bond donors (Lipinski definition) is 1. The normalized spacial score (nSPS) is 10.6. The quantitative estimate of drug-likeness (QED) is 0.733. The van der Waals surface area contributed by atoms with Crippen molar-refractivity contribution in [3.8, 4) is 11.5 Å². The van der Waals surface area contributed by atoms with E-state index in [1.165, 1.54) is 24.0 Å². The zero-order valence-electron chi connectivity index (χ0n) is 12.7. The van der Waals surface area contributed by atoms with Crippen molar-refractivity contribution in [2.45, 2.75) is 32.7 Å². The van der Waals surface area contributed by atoms with Gasteiger partial charge in [0.05, 0.1) is 0 Å². The fraction of sp³-hybridized carbons (Fsp3) is 0.333. The minimum atomic E-state index is 0.840. The second-order valence-corrected chi connectivity index (χ2v) is 5.99. The summed E-state index contributed by atoms with van der Waals surface area (Å²) < 4.78 is 6.97. The first kappa shape index (κ1) is 16.1. The van der Waals surface area contributed by atoms with Crippen molar-refractivity contribution < 1.29 is 4.74 Å². The van der Waals surface area contributed by atoms with E-state index in [4.69, 9.17) is 4.74 Å². The van der Waals surface area contributed by atoms with Crippen LogP contribution in [0.4, 0.5) is 0 Å². The average molecular weight is 348 g/mol. The molecule has 0 fully saturated rings. The molecule has 2 aromatic carbocycles. The van der Waals surface area contributed by atoms with Gasteiger partial charge in [-0.25, -0.2) is 0 Å². The molecule has 2 aromatic rings. The van der Waals surface area contributed by atoms with E-state index in [0.717, 1.165) is 28.9 Å². The predicted molar refractivity (Wildman–Crippen MR) is 92.0 cm³/mol. The van der Waals surface area contributed by atoms with Gasteiger partial charge in [0.1, 0.15) is 11.5 Å².